The van der Waals surface area contributed by atoms with Crippen LogP contribution in [0.1, 0.15) is 11.5 Å². The number of carbonyl (C=O) groups excluding carboxylic acids is 1. The number of hydrogen-bond acceptors (Lipinski definition) is 4. The molecule has 0 saturated heterocycles. The van der Waals surface area contributed by atoms with Crippen LogP contribution in [0.3, 0.4) is 0 Å². The van der Waals surface area contributed by atoms with Crippen LogP contribution in [0.15, 0.2) is 53.1 Å². The fourth-order valence-corrected chi connectivity index (χ4v) is 2.36. The number of nitrogens with one attached hydrogen (secondary N) is 1. The predicted octanol–water partition coefficient (Wildman–Crippen LogP) is 3.43. The Morgan fingerprint density at radius 2 is 1.84 bits per heavy atom. The van der Waals surface area contributed by atoms with E-state index in [0.29, 0.717) is 29.7 Å². The van der Waals surface area contributed by atoms with Crippen molar-refractivity contribution in [3.05, 3.63) is 70.8 Å². The Balaban J connectivity index is 1.48. The van der Waals surface area contributed by atoms with Crippen molar-refractivity contribution in [3.63, 3.8) is 0 Å². The summed E-state index contributed by atoms with van der Waals surface area (Å²) in [6.45, 7) is 0.377. The van der Waals surface area contributed by atoms with Crippen molar-refractivity contribution in [1.29, 1.82) is 0 Å². The van der Waals surface area contributed by atoms with Crippen molar-refractivity contribution in [2.24, 2.45) is 0 Å². The van der Waals surface area contributed by atoms with Crippen LogP contribution in [0.5, 0.6) is 0 Å². The zero-order chi connectivity index (χ0) is 17.6. The second-order valence-corrected chi connectivity index (χ2v) is 5.86. The maximum absolute atomic E-state index is 12.8. The van der Waals surface area contributed by atoms with Gasteiger partial charge in [0.1, 0.15) is 5.82 Å². The molecule has 0 aliphatic rings. The van der Waals surface area contributed by atoms with Gasteiger partial charge in [0.15, 0.2) is 0 Å². The van der Waals surface area contributed by atoms with Crippen LogP contribution in [0.4, 0.5) is 4.39 Å². The molecule has 1 aromatic heterocycles. The smallest absolute Gasteiger partial charge is 0.228 e. The summed E-state index contributed by atoms with van der Waals surface area (Å²) in [5.41, 5.74) is 1.56. The van der Waals surface area contributed by atoms with Gasteiger partial charge in [0.2, 0.25) is 17.6 Å². The lowest BCUT2D eigenvalue weighted by atomic mass is 10.1. The van der Waals surface area contributed by atoms with Gasteiger partial charge >= 0.3 is 0 Å². The van der Waals surface area contributed by atoms with Gasteiger partial charge in [-0.05, 0) is 42.0 Å². The summed E-state index contributed by atoms with van der Waals surface area (Å²) < 4.78 is 18.0. The number of halogens is 2. The van der Waals surface area contributed by atoms with Gasteiger partial charge in [-0.3, -0.25) is 4.79 Å². The first kappa shape index (κ1) is 17.1. The molecule has 0 bridgehead atoms. The molecule has 0 fully saturated rings. The Morgan fingerprint density at radius 3 is 2.56 bits per heavy atom. The second kappa shape index (κ2) is 7.90. The molecule has 0 atom stereocenters. The molecular formula is C18H15ClFN3O2. The Kier molecular flexibility index (Phi) is 5.40. The van der Waals surface area contributed by atoms with Gasteiger partial charge in [-0.25, -0.2) is 4.39 Å². The van der Waals surface area contributed by atoms with E-state index in [2.05, 4.69) is 15.5 Å². The minimum absolute atomic E-state index is 0.149. The van der Waals surface area contributed by atoms with Crippen LogP contribution >= 0.6 is 11.6 Å². The maximum Gasteiger partial charge on any atom is 0.228 e. The molecule has 0 spiro atoms. The molecular weight excluding hydrogens is 345 g/mol. The lowest BCUT2D eigenvalue weighted by Gasteiger charge is -2.03. The number of hydrogen-bond donors (Lipinski definition) is 1. The van der Waals surface area contributed by atoms with Gasteiger partial charge in [-0.2, -0.15) is 4.98 Å². The molecule has 5 nitrogen and oxygen atoms in total. The zero-order valence-corrected chi connectivity index (χ0v) is 14.0. The van der Waals surface area contributed by atoms with Crippen molar-refractivity contribution in [1.82, 2.24) is 15.5 Å². The van der Waals surface area contributed by atoms with E-state index < -0.39 is 0 Å². The first-order valence-corrected chi connectivity index (χ1v) is 8.07. The molecule has 0 saturated carbocycles. The van der Waals surface area contributed by atoms with E-state index in [-0.39, 0.29) is 18.1 Å². The summed E-state index contributed by atoms with van der Waals surface area (Å²) in [7, 11) is 0. The van der Waals surface area contributed by atoms with E-state index in [9.17, 15) is 9.18 Å². The van der Waals surface area contributed by atoms with Gasteiger partial charge < -0.3 is 9.84 Å². The van der Waals surface area contributed by atoms with Gasteiger partial charge in [0, 0.05) is 23.6 Å². The summed E-state index contributed by atoms with van der Waals surface area (Å²) in [5, 5.41) is 7.32. The first-order chi connectivity index (χ1) is 12.1. The fourth-order valence-electron chi connectivity index (χ4n) is 2.23. The SMILES string of the molecule is O=C(Cc1ccc(F)cc1)NCCc1nc(-c2ccc(Cl)cc2)no1. The van der Waals surface area contributed by atoms with E-state index in [1.807, 2.05) is 0 Å². The lowest BCUT2D eigenvalue weighted by molar-refractivity contribution is -0.120. The molecule has 2 aromatic carbocycles. The Labute approximate surface area is 148 Å². The predicted molar refractivity (Wildman–Crippen MR) is 91.6 cm³/mol. The third-order valence-electron chi connectivity index (χ3n) is 3.51. The van der Waals surface area contributed by atoms with Crippen molar-refractivity contribution >= 4 is 17.5 Å². The van der Waals surface area contributed by atoms with Crippen LogP contribution < -0.4 is 5.32 Å². The lowest BCUT2D eigenvalue weighted by Crippen LogP contribution is -2.27. The zero-order valence-electron chi connectivity index (χ0n) is 13.2. The maximum atomic E-state index is 12.8. The van der Waals surface area contributed by atoms with Gasteiger partial charge in [-0.1, -0.05) is 28.9 Å². The topological polar surface area (TPSA) is 68.0 Å². The van der Waals surface area contributed by atoms with Crippen LogP contribution in [-0.2, 0) is 17.6 Å². The van der Waals surface area contributed by atoms with E-state index in [1.54, 1.807) is 36.4 Å². The molecule has 0 unspecified atom stereocenters. The van der Waals surface area contributed by atoms with Crippen molar-refractivity contribution in [3.8, 4) is 11.4 Å². The summed E-state index contributed by atoms with van der Waals surface area (Å²) in [5.74, 6) is 0.442. The highest BCUT2D eigenvalue weighted by molar-refractivity contribution is 6.30. The molecule has 1 heterocycles. The van der Waals surface area contributed by atoms with Crippen LogP contribution in [0.2, 0.25) is 5.02 Å². The molecule has 0 radical (unpaired) electrons. The summed E-state index contributed by atoms with van der Waals surface area (Å²) in [6, 6.07) is 13.0. The highest BCUT2D eigenvalue weighted by Crippen LogP contribution is 2.18. The number of carbonyl (C=O) groups is 1. The third-order valence-corrected chi connectivity index (χ3v) is 3.76. The van der Waals surface area contributed by atoms with Crippen molar-refractivity contribution < 1.29 is 13.7 Å². The van der Waals surface area contributed by atoms with E-state index in [4.69, 9.17) is 16.1 Å². The monoisotopic (exact) mass is 359 g/mol. The number of benzene rings is 2. The average Bonchev–Trinajstić information content (AvgIpc) is 3.06. The molecule has 1 amide bonds. The van der Waals surface area contributed by atoms with Crippen LogP contribution in [0, 0.1) is 5.82 Å². The Bertz CT molecular complexity index is 848. The molecule has 1 N–H and O–H groups in total. The number of rotatable bonds is 6. The normalized spacial score (nSPS) is 10.6. The number of aromatic nitrogens is 2. The second-order valence-electron chi connectivity index (χ2n) is 5.42. The summed E-state index contributed by atoms with van der Waals surface area (Å²) in [4.78, 5) is 16.1. The molecule has 128 valence electrons. The minimum Gasteiger partial charge on any atom is -0.355 e. The molecule has 25 heavy (non-hydrogen) atoms. The minimum atomic E-state index is -0.322. The fraction of sp³-hybridized carbons (Fsp3) is 0.167. The summed E-state index contributed by atoms with van der Waals surface area (Å²) in [6.07, 6.45) is 0.621. The highest BCUT2D eigenvalue weighted by atomic mass is 35.5. The molecule has 0 aliphatic heterocycles. The number of amides is 1. The third kappa shape index (κ3) is 4.87. The van der Waals surface area contributed by atoms with Crippen LogP contribution in [0.25, 0.3) is 11.4 Å². The Hall–Kier alpha value is -2.73. The van der Waals surface area contributed by atoms with Gasteiger partial charge in [0.05, 0.1) is 6.42 Å². The molecule has 7 heteroatoms. The Morgan fingerprint density at radius 1 is 1.12 bits per heavy atom. The highest BCUT2D eigenvalue weighted by Gasteiger charge is 2.09. The van der Waals surface area contributed by atoms with Gasteiger partial charge in [-0.15, -0.1) is 0 Å². The quantitative estimate of drug-likeness (QED) is 0.732. The van der Waals surface area contributed by atoms with E-state index in [0.717, 1.165) is 11.1 Å². The molecule has 0 aliphatic carbocycles. The first-order valence-electron chi connectivity index (χ1n) is 7.70. The van der Waals surface area contributed by atoms with Crippen molar-refractivity contribution in [2.75, 3.05) is 6.54 Å². The summed E-state index contributed by atoms with van der Waals surface area (Å²) >= 11 is 5.85. The standard InChI is InChI=1S/C18H15ClFN3O2/c19-14-5-3-13(4-6-14)18-22-17(25-23-18)9-10-21-16(24)11-12-1-7-15(20)8-2-12/h1-8H,9-11H2,(H,21,24). The molecule has 3 aromatic rings. The van der Waals surface area contributed by atoms with Crippen LogP contribution in [-0.4, -0.2) is 22.6 Å². The van der Waals surface area contributed by atoms with E-state index in [1.165, 1.54) is 12.1 Å². The van der Waals surface area contributed by atoms with E-state index >= 15 is 0 Å². The molecule has 3 rings (SSSR count). The number of nitrogens with zero attached hydrogens (tertiary/aromatic N) is 2. The average molecular weight is 360 g/mol. The largest absolute Gasteiger partial charge is 0.355 e. The van der Waals surface area contributed by atoms with Crippen molar-refractivity contribution in [2.45, 2.75) is 12.8 Å². The van der Waals surface area contributed by atoms with Gasteiger partial charge in [0.25, 0.3) is 0 Å².